The molecule has 1 aromatic carbocycles. The Labute approximate surface area is 125 Å². The number of carbonyl (C=O) groups is 1. The largest absolute Gasteiger partial charge is 0.477 e. The maximum atomic E-state index is 13.7. The van der Waals surface area contributed by atoms with E-state index < -0.39 is 5.97 Å². The van der Waals surface area contributed by atoms with Gasteiger partial charge in [0.2, 0.25) is 0 Å². The minimum atomic E-state index is -0.931. The van der Waals surface area contributed by atoms with Crippen LogP contribution in [0.3, 0.4) is 0 Å². The van der Waals surface area contributed by atoms with E-state index in [2.05, 4.69) is 4.98 Å². The number of nitrogens with zero attached hydrogens (tertiary/aromatic N) is 2. The van der Waals surface area contributed by atoms with Crippen LogP contribution < -0.4 is 4.90 Å². The lowest BCUT2D eigenvalue weighted by Crippen LogP contribution is -2.17. The van der Waals surface area contributed by atoms with E-state index in [0.717, 1.165) is 24.2 Å². The Morgan fingerprint density at radius 1 is 1.48 bits per heavy atom. The lowest BCUT2D eigenvalue weighted by molar-refractivity contribution is 0.0700. The van der Waals surface area contributed by atoms with Gasteiger partial charge in [-0.1, -0.05) is 29.5 Å². The second-order valence-corrected chi connectivity index (χ2v) is 6.22. The van der Waals surface area contributed by atoms with Gasteiger partial charge in [-0.25, -0.2) is 14.2 Å². The second kappa shape index (κ2) is 5.44. The molecule has 0 radical (unpaired) electrons. The van der Waals surface area contributed by atoms with Crippen molar-refractivity contribution >= 4 is 22.4 Å². The van der Waals surface area contributed by atoms with Gasteiger partial charge in [0.1, 0.15) is 10.7 Å². The first-order valence-corrected chi connectivity index (χ1v) is 7.56. The summed E-state index contributed by atoms with van der Waals surface area (Å²) in [5.41, 5.74) is 1.25. The van der Waals surface area contributed by atoms with E-state index in [-0.39, 0.29) is 11.7 Å². The number of aromatic carboxylic acids is 1. The first-order chi connectivity index (χ1) is 10.1. The molecule has 1 saturated carbocycles. The first-order valence-electron chi connectivity index (χ1n) is 6.75. The molecular formula is C15H15FN2O2S. The van der Waals surface area contributed by atoms with Crippen molar-refractivity contribution in [3.63, 3.8) is 0 Å². The number of rotatable bonds is 5. The molecule has 0 saturated heterocycles. The summed E-state index contributed by atoms with van der Waals surface area (Å²) in [6, 6.07) is 6.57. The number of carboxylic acid groups (broad SMARTS) is 1. The number of benzene rings is 1. The minimum Gasteiger partial charge on any atom is -0.477 e. The molecule has 21 heavy (non-hydrogen) atoms. The third-order valence-corrected chi connectivity index (χ3v) is 4.67. The van der Waals surface area contributed by atoms with E-state index in [0.29, 0.717) is 27.8 Å². The van der Waals surface area contributed by atoms with E-state index in [4.69, 9.17) is 0 Å². The molecule has 0 atom stereocenters. The van der Waals surface area contributed by atoms with Crippen molar-refractivity contribution in [2.75, 3.05) is 11.9 Å². The highest BCUT2D eigenvalue weighted by molar-refractivity contribution is 7.17. The van der Waals surface area contributed by atoms with Crippen LogP contribution >= 0.6 is 11.3 Å². The topological polar surface area (TPSA) is 53.4 Å². The van der Waals surface area contributed by atoms with Gasteiger partial charge in [0.25, 0.3) is 0 Å². The molecule has 1 N–H and O–H groups in total. The van der Waals surface area contributed by atoms with Gasteiger partial charge in [-0.2, -0.15) is 0 Å². The van der Waals surface area contributed by atoms with Crippen molar-refractivity contribution in [2.45, 2.75) is 25.3 Å². The molecule has 1 heterocycles. The zero-order chi connectivity index (χ0) is 15.0. The van der Waals surface area contributed by atoms with Crippen LogP contribution in [0, 0.1) is 5.82 Å². The third kappa shape index (κ3) is 2.90. The van der Waals surface area contributed by atoms with Crippen LogP contribution in [0.15, 0.2) is 24.3 Å². The van der Waals surface area contributed by atoms with Crippen molar-refractivity contribution in [3.8, 4) is 0 Å². The molecule has 2 aromatic rings. The molecule has 1 fully saturated rings. The number of carboxylic acids is 1. The predicted octanol–water partition coefficient (Wildman–Crippen LogP) is 3.49. The molecule has 6 heteroatoms. The zero-order valence-electron chi connectivity index (χ0n) is 11.5. The molecular weight excluding hydrogens is 291 g/mol. The summed E-state index contributed by atoms with van der Waals surface area (Å²) in [5.74, 6) is -0.912. The van der Waals surface area contributed by atoms with Gasteiger partial charge in [0, 0.05) is 25.1 Å². The second-order valence-electron chi connectivity index (χ2n) is 5.24. The van der Waals surface area contributed by atoms with E-state index >= 15 is 0 Å². The van der Waals surface area contributed by atoms with Crippen molar-refractivity contribution in [1.82, 2.24) is 4.98 Å². The SMILES string of the molecule is CN(Cc1ccccc1F)c1nc(C2CC2)c(C(=O)O)s1. The lowest BCUT2D eigenvalue weighted by Gasteiger charge is -2.16. The van der Waals surface area contributed by atoms with Gasteiger partial charge in [-0.3, -0.25) is 0 Å². The van der Waals surface area contributed by atoms with Crippen LogP contribution in [0.2, 0.25) is 0 Å². The summed E-state index contributed by atoms with van der Waals surface area (Å²) < 4.78 is 13.7. The van der Waals surface area contributed by atoms with Crippen LogP contribution in [0.25, 0.3) is 0 Å². The molecule has 0 spiro atoms. The molecule has 0 amide bonds. The lowest BCUT2D eigenvalue weighted by atomic mass is 10.2. The van der Waals surface area contributed by atoms with Gasteiger partial charge in [0.05, 0.1) is 5.69 Å². The predicted molar refractivity (Wildman–Crippen MR) is 79.6 cm³/mol. The highest BCUT2D eigenvalue weighted by Gasteiger charge is 2.32. The molecule has 0 bridgehead atoms. The van der Waals surface area contributed by atoms with E-state index in [1.165, 1.54) is 6.07 Å². The summed E-state index contributed by atoms with van der Waals surface area (Å²) in [6.07, 6.45) is 2.00. The van der Waals surface area contributed by atoms with Crippen molar-refractivity contribution in [1.29, 1.82) is 0 Å². The Balaban J connectivity index is 1.84. The maximum absolute atomic E-state index is 13.7. The smallest absolute Gasteiger partial charge is 0.347 e. The van der Waals surface area contributed by atoms with Crippen LogP contribution in [0.4, 0.5) is 9.52 Å². The molecule has 110 valence electrons. The Kier molecular flexibility index (Phi) is 3.63. The number of hydrogen-bond acceptors (Lipinski definition) is 4. The number of hydrogen-bond donors (Lipinski definition) is 1. The number of halogens is 1. The van der Waals surface area contributed by atoms with Gasteiger partial charge >= 0.3 is 5.97 Å². The first kappa shape index (κ1) is 14.0. The number of aromatic nitrogens is 1. The Morgan fingerprint density at radius 3 is 2.81 bits per heavy atom. The fraction of sp³-hybridized carbons (Fsp3) is 0.333. The molecule has 0 unspecified atom stereocenters. The maximum Gasteiger partial charge on any atom is 0.347 e. The van der Waals surface area contributed by atoms with Gasteiger partial charge in [0.15, 0.2) is 5.13 Å². The fourth-order valence-corrected chi connectivity index (χ4v) is 3.17. The summed E-state index contributed by atoms with van der Waals surface area (Å²) in [6.45, 7) is 0.364. The molecule has 1 aromatic heterocycles. The quantitative estimate of drug-likeness (QED) is 0.918. The van der Waals surface area contributed by atoms with E-state index in [1.54, 1.807) is 30.1 Å². The Hall–Kier alpha value is -1.95. The van der Waals surface area contributed by atoms with Crippen LogP contribution in [0.1, 0.15) is 39.7 Å². The molecule has 3 rings (SSSR count). The summed E-state index contributed by atoms with van der Waals surface area (Å²) in [4.78, 5) is 17.9. The van der Waals surface area contributed by atoms with Crippen LogP contribution in [0.5, 0.6) is 0 Å². The zero-order valence-corrected chi connectivity index (χ0v) is 12.4. The van der Waals surface area contributed by atoms with E-state index in [1.807, 2.05) is 0 Å². The average molecular weight is 306 g/mol. The summed E-state index contributed by atoms with van der Waals surface area (Å²) >= 11 is 1.16. The van der Waals surface area contributed by atoms with Crippen molar-refractivity contribution < 1.29 is 14.3 Å². The molecule has 4 nitrogen and oxygen atoms in total. The van der Waals surface area contributed by atoms with Crippen molar-refractivity contribution in [2.24, 2.45) is 0 Å². The summed E-state index contributed by atoms with van der Waals surface area (Å²) in [5, 5.41) is 9.89. The fourth-order valence-electron chi connectivity index (χ4n) is 2.22. The Bertz CT molecular complexity index is 682. The van der Waals surface area contributed by atoms with Crippen LogP contribution in [-0.4, -0.2) is 23.1 Å². The standard InChI is InChI=1S/C15H15FN2O2S/c1-18(8-10-4-2-3-5-11(10)16)15-17-12(9-6-7-9)13(21-15)14(19)20/h2-5,9H,6-8H2,1H3,(H,19,20). The van der Waals surface area contributed by atoms with Crippen LogP contribution in [-0.2, 0) is 6.54 Å². The molecule has 1 aliphatic carbocycles. The molecule has 1 aliphatic rings. The highest BCUT2D eigenvalue weighted by Crippen LogP contribution is 2.44. The monoisotopic (exact) mass is 306 g/mol. The normalized spacial score (nSPS) is 14.2. The minimum absolute atomic E-state index is 0.262. The van der Waals surface area contributed by atoms with Crippen molar-refractivity contribution in [3.05, 3.63) is 46.2 Å². The highest BCUT2D eigenvalue weighted by atomic mass is 32.1. The molecule has 0 aliphatic heterocycles. The number of thiazole rings is 1. The van der Waals surface area contributed by atoms with E-state index in [9.17, 15) is 14.3 Å². The summed E-state index contributed by atoms with van der Waals surface area (Å²) in [7, 11) is 1.80. The van der Waals surface area contributed by atoms with Gasteiger partial charge in [-0.05, 0) is 18.9 Å². The third-order valence-electron chi connectivity index (χ3n) is 3.49. The Morgan fingerprint density at radius 2 is 2.19 bits per heavy atom. The number of anilines is 1. The average Bonchev–Trinajstić information content (AvgIpc) is 3.19. The van der Waals surface area contributed by atoms with Gasteiger partial charge < -0.3 is 10.0 Å². The van der Waals surface area contributed by atoms with Gasteiger partial charge in [-0.15, -0.1) is 0 Å².